The molecule has 1 rings (SSSR count). The standard InChI is InChI=1S/C7H8FI/c8-7-3-1-6(5-9)2-4-7/h1,3H,2,4-5H2. The molecule has 0 unspecified atom stereocenters. The number of hydrogen-bond donors (Lipinski definition) is 0. The van der Waals surface area contributed by atoms with Gasteiger partial charge in [-0.05, 0) is 12.5 Å². The maximum atomic E-state index is 12.3. The highest BCUT2D eigenvalue weighted by Crippen LogP contribution is 2.19. The van der Waals surface area contributed by atoms with Crippen LogP contribution in [0.4, 0.5) is 4.39 Å². The largest absolute Gasteiger partial charge is 0.212 e. The summed E-state index contributed by atoms with van der Waals surface area (Å²) in [6.45, 7) is 0. The molecular formula is C7H8FI. The lowest BCUT2D eigenvalue weighted by Crippen LogP contribution is -1.90. The van der Waals surface area contributed by atoms with Crippen molar-refractivity contribution in [1.29, 1.82) is 0 Å². The molecule has 0 aromatic heterocycles. The van der Waals surface area contributed by atoms with Gasteiger partial charge in [-0.25, -0.2) is 4.39 Å². The van der Waals surface area contributed by atoms with E-state index in [1.165, 1.54) is 5.57 Å². The van der Waals surface area contributed by atoms with Crippen LogP contribution < -0.4 is 0 Å². The Labute approximate surface area is 68.0 Å². The molecule has 0 aromatic rings. The summed E-state index contributed by atoms with van der Waals surface area (Å²) in [5.74, 6) is 0.0172. The fraction of sp³-hybridized carbons (Fsp3) is 0.429. The molecule has 0 atom stereocenters. The van der Waals surface area contributed by atoms with Gasteiger partial charge in [-0.2, -0.15) is 0 Å². The van der Waals surface area contributed by atoms with Crippen molar-refractivity contribution >= 4 is 22.6 Å². The fourth-order valence-electron chi connectivity index (χ4n) is 0.766. The average molecular weight is 238 g/mol. The van der Waals surface area contributed by atoms with E-state index < -0.39 is 0 Å². The monoisotopic (exact) mass is 238 g/mol. The highest BCUT2D eigenvalue weighted by atomic mass is 127. The molecule has 0 fully saturated rings. The molecule has 0 heterocycles. The second-order valence-corrected chi connectivity index (χ2v) is 2.83. The summed E-state index contributed by atoms with van der Waals surface area (Å²) in [5, 5.41) is 0. The molecule has 9 heavy (non-hydrogen) atoms. The highest BCUT2D eigenvalue weighted by molar-refractivity contribution is 14.1. The zero-order valence-electron chi connectivity index (χ0n) is 5.03. The Hall–Kier alpha value is 0.140. The van der Waals surface area contributed by atoms with Crippen LogP contribution >= 0.6 is 22.6 Å². The highest BCUT2D eigenvalue weighted by Gasteiger charge is 2.02. The predicted molar refractivity (Wildman–Crippen MR) is 45.4 cm³/mol. The van der Waals surface area contributed by atoms with Gasteiger partial charge in [0, 0.05) is 10.8 Å². The third-order valence-corrected chi connectivity index (χ3v) is 2.34. The Bertz CT molecular complexity index is 158. The van der Waals surface area contributed by atoms with Gasteiger partial charge < -0.3 is 0 Å². The Morgan fingerprint density at radius 2 is 2.22 bits per heavy atom. The minimum Gasteiger partial charge on any atom is -0.212 e. The van der Waals surface area contributed by atoms with Crippen LogP contribution in [0.3, 0.4) is 0 Å². The zero-order valence-corrected chi connectivity index (χ0v) is 7.19. The van der Waals surface area contributed by atoms with Crippen molar-refractivity contribution in [3.8, 4) is 0 Å². The molecule has 0 aliphatic heterocycles. The number of allylic oxidation sites excluding steroid dienone is 4. The van der Waals surface area contributed by atoms with Crippen LogP contribution in [0.15, 0.2) is 23.6 Å². The van der Waals surface area contributed by atoms with Gasteiger partial charge in [0.25, 0.3) is 0 Å². The average Bonchev–Trinajstić information content (AvgIpc) is 1.90. The third-order valence-electron chi connectivity index (χ3n) is 1.36. The van der Waals surface area contributed by atoms with Crippen molar-refractivity contribution in [3.63, 3.8) is 0 Å². The molecular weight excluding hydrogens is 230 g/mol. The summed E-state index contributed by atoms with van der Waals surface area (Å²) < 4.78 is 13.3. The second kappa shape index (κ2) is 3.34. The minimum atomic E-state index is 0.0172. The van der Waals surface area contributed by atoms with Crippen LogP contribution in [-0.4, -0.2) is 4.43 Å². The van der Waals surface area contributed by atoms with Crippen molar-refractivity contribution in [3.05, 3.63) is 23.6 Å². The predicted octanol–water partition coefficient (Wildman–Crippen LogP) is 3.00. The SMILES string of the molecule is FC1=CC=C(CI)CC1. The third kappa shape index (κ3) is 2.08. The molecule has 0 saturated heterocycles. The first-order valence-corrected chi connectivity index (χ1v) is 4.45. The maximum absolute atomic E-state index is 12.3. The summed E-state index contributed by atoms with van der Waals surface area (Å²) in [5.41, 5.74) is 1.34. The fourth-order valence-corrected chi connectivity index (χ4v) is 1.40. The minimum absolute atomic E-state index is 0.0172. The second-order valence-electron chi connectivity index (χ2n) is 2.07. The van der Waals surface area contributed by atoms with Crippen LogP contribution in [0, 0.1) is 0 Å². The van der Waals surface area contributed by atoms with Crippen molar-refractivity contribution < 1.29 is 4.39 Å². The Morgan fingerprint density at radius 1 is 1.44 bits per heavy atom. The first-order valence-electron chi connectivity index (χ1n) is 2.93. The molecule has 50 valence electrons. The Morgan fingerprint density at radius 3 is 2.67 bits per heavy atom. The molecule has 0 bridgehead atoms. The van der Waals surface area contributed by atoms with Crippen LogP contribution in [0.2, 0.25) is 0 Å². The molecule has 0 nitrogen and oxygen atoms in total. The van der Waals surface area contributed by atoms with E-state index in [4.69, 9.17) is 0 Å². The maximum Gasteiger partial charge on any atom is 0.100 e. The van der Waals surface area contributed by atoms with Crippen molar-refractivity contribution in [2.45, 2.75) is 12.8 Å². The molecule has 0 aromatic carbocycles. The first kappa shape index (κ1) is 7.25. The number of halogens is 2. The summed E-state index contributed by atoms with van der Waals surface area (Å²) in [6.07, 6.45) is 4.96. The lowest BCUT2D eigenvalue weighted by Gasteiger charge is -2.05. The van der Waals surface area contributed by atoms with Gasteiger partial charge in [-0.1, -0.05) is 34.2 Å². The Balaban J connectivity index is 2.59. The lowest BCUT2D eigenvalue weighted by molar-refractivity contribution is 0.582. The van der Waals surface area contributed by atoms with Crippen LogP contribution in [-0.2, 0) is 0 Å². The molecule has 1 aliphatic carbocycles. The normalized spacial score (nSPS) is 18.9. The van der Waals surface area contributed by atoms with Crippen LogP contribution in [0.5, 0.6) is 0 Å². The van der Waals surface area contributed by atoms with E-state index in [0.717, 1.165) is 10.8 Å². The van der Waals surface area contributed by atoms with Gasteiger partial charge in [0.1, 0.15) is 5.83 Å². The summed E-state index contributed by atoms with van der Waals surface area (Å²) >= 11 is 2.29. The molecule has 2 heteroatoms. The van der Waals surface area contributed by atoms with Gasteiger partial charge in [-0.3, -0.25) is 0 Å². The molecule has 0 N–H and O–H groups in total. The molecule has 1 aliphatic rings. The van der Waals surface area contributed by atoms with Crippen LogP contribution in [0.1, 0.15) is 12.8 Å². The van der Waals surface area contributed by atoms with E-state index in [1.807, 2.05) is 6.08 Å². The number of alkyl halides is 1. The summed E-state index contributed by atoms with van der Waals surface area (Å²) in [7, 11) is 0. The van der Waals surface area contributed by atoms with Gasteiger partial charge in [0.05, 0.1) is 0 Å². The van der Waals surface area contributed by atoms with Crippen molar-refractivity contribution in [1.82, 2.24) is 0 Å². The Kier molecular flexibility index (Phi) is 2.69. The number of hydrogen-bond acceptors (Lipinski definition) is 0. The first-order chi connectivity index (χ1) is 4.33. The molecule has 0 radical (unpaired) electrons. The molecule has 0 saturated carbocycles. The van der Waals surface area contributed by atoms with Gasteiger partial charge in [0.15, 0.2) is 0 Å². The summed E-state index contributed by atoms with van der Waals surface area (Å²) in [4.78, 5) is 0. The molecule has 0 spiro atoms. The lowest BCUT2D eigenvalue weighted by atomic mass is 10.1. The quantitative estimate of drug-likeness (QED) is 0.486. The molecule has 0 amide bonds. The summed E-state index contributed by atoms with van der Waals surface area (Å²) in [6, 6.07) is 0. The van der Waals surface area contributed by atoms with Gasteiger partial charge >= 0.3 is 0 Å². The van der Waals surface area contributed by atoms with Crippen molar-refractivity contribution in [2.24, 2.45) is 0 Å². The van der Waals surface area contributed by atoms with Gasteiger partial charge in [0.2, 0.25) is 0 Å². The topological polar surface area (TPSA) is 0 Å². The van der Waals surface area contributed by atoms with Crippen LogP contribution in [0.25, 0.3) is 0 Å². The van der Waals surface area contributed by atoms with E-state index in [2.05, 4.69) is 22.6 Å². The van der Waals surface area contributed by atoms with E-state index >= 15 is 0 Å². The number of rotatable bonds is 1. The van der Waals surface area contributed by atoms with E-state index in [9.17, 15) is 4.39 Å². The van der Waals surface area contributed by atoms with E-state index in [1.54, 1.807) is 6.08 Å². The zero-order chi connectivity index (χ0) is 6.69. The van der Waals surface area contributed by atoms with Gasteiger partial charge in [-0.15, -0.1) is 0 Å². The van der Waals surface area contributed by atoms with E-state index in [0.29, 0.717) is 6.42 Å². The smallest absolute Gasteiger partial charge is 0.100 e. The van der Waals surface area contributed by atoms with E-state index in [-0.39, 0.29) is 5.83 Å². The van der Waals surface area contributed by atoms with Crippen molar-refractivity contribution in [2.75, 3.05) is 4.43 Å².